The van der Waals surface area contributed by atoms with Crippen molar-refractivity contribution in [2.45, 2.75) is 19.4 Å². The van der Waals surface area contributed by atoms with Crippen LogP contribution in [0.4, 0.5) is 5.82 Å². The van der Waals surface area contributed by atoms with Gasteiger partial charge in [0.2, 0.25) is 0 Å². The van der Waals surface area contributed by atoms with E-state index in [0.717, 1.165) is 41.4 Å². The molecule has 3 aromatic carbocycles. The number of halogens is 2. The summed E-state index contributed by atoms with van der Waals surface area (Å²) in [7, 11) is 0. The number of para-hydroxylation sites is 1. The monoisotopic (exact) mass is 460 g/mol. The van der Waals surface area contributed by atoms with E-state index in [0.29, 0.717) is 22.5 Å². The maximum atomic E-state index is 6.51. The zero-order chi connectivity index (χ0) is 21.9. The molecule has 0 radical (unpaired) electrons. The molecule has 6 heteroatoms. The average molecular weight is 461 g/mol. The van der Waals surface area contributed by atoms with Crippen LogP contribution < -0.4 is 5.32 Å². The van der Waals surface area contributed by atoms with Crippen molar-refractivity contribution >= 4 is 34.9 Å². The van der Waals surface area contributed by atoms with E-state index in [1.165, 1.54) is 5.56 Å². The van der Waals surface area contributed by atoms with Crippen LogP contribution in [0.15, 0.2) is 89.9 Å². The number of hydrogen-bond donors (Lipinski definition) is 1. The lowest BCUT2D eigenvalue weighted by molar-refractivity contribution is 0.891. The van der Waals surface area contributed by atoms with Gasteiger partial charge in [0, 0.05) is 22.6 Å². The number of aromatic nitrogens is 2. The molecule has 1 aromatic heterocycles. The Bertz CT molecular complexity index is 1240. The van der Waals surface area contributed by atoms with Crippen molar-refractivity contribution in [3.63, 3.8) is 0 Å². The molecule has 160 valence electrons. The summed E-state index contributed by atoms with van der Waals surface area (Å²) < 4.78 is 1.87. The van der Waals surface area contributed by atoms with Gasteiger partial charge in [0.15, 0.2) is 5.82 Å². The molecule has 1 saturated carbocycles. The van der Waals surface area contributed by atoms with Gasteiger partial charge in [-0.3, -0.25) is 4.99 Å². The number of benzene rings is 3. The van der Waals surface area contributed by atoms with Gasteiger partial charge in [0.25, 0.3) is 0 Å². The van der Waals surface area contributed by atoms with Crippen molar-refractivity contribution in [2.24, 2.45) is 10.9 Å². The summed E-state index contributed by atoms with van der Waals surface area (Å²) in [6.07, 6.45) is 2.30. The molecule has 0 saturated heterocycles. The number of hydrogen-bond acceptors (Lipinski definition) is 2. The van der Waals surface area contributed by atoms with Crippen LogP contribution in [0.5, 0.6) is 0 Å². The van der Waals surface area contributed by atoms with Crippen molar-refractivity contribution in [1.29, 1.82) is 0 Å². The van der Waals surface area contributed by atoms with Crippen molar-refractivity contribution in [3.8, 4) is 16.9 Å². The first-order valence-electron chi connectivity index (χ1n) is 10.6. The fourth-order valence-corrected chi connectivity index (χ4v) is 3.94. The third-order valence-electron chi connectivity index (χ3n) is 5.42. The van der Waals surface area contributed by atoms with Crippen LogP contribution in [-0.2, 0) is 6.54 Å². The van der Waals surface area contributed by atoms with E-state index < -0.39 is 0 Å². The lowest BCUT2D eigenvalue weighted by atomic mass is 10.1. The predicted octanol–water partition coefficient (Wildman–Crippen LogP) is 7.27. The largest absolute Gasteiger partial charge is 0.327 e. The maximum absolute atomic E-state index is 6.51. The predicted molar refractivity (Wildman–Crippen MR) is 133 cm³/mol. The highest BCUT2D eigenvalue weighted by atomic mass is 35.5. The standard InChI is InChI=1S/C26H22Cl2N4/c27-21-14-12-19(13-15-21)24-16-25(31-32(24)23-9-5-4-8-22(23)28)30-26(20-10-11-20)29-17-18-6-2-1-3-7-18/h1-9,12-16,20H,10-11,17H2,(H,29,30,31). The Morgan fingerprint density at radius 3 is 2.38 bits per heavy atom. The summed E-state index contributed by atoms with van der Waals surface area (Å²) in [6.45, 7) is 0.648. The van der Waals surface area contributed by atoms with E-state index in [-0.39, 0.29) is 0 Å². The Morgan fingerprint density at radius 2 is 1.66 bits per heavy atom. The van der Waals surface area contributed by atoms with Gasteiger partial charge in [0.1, 0.15) is 5.84 Å². The molecular weight excluding hydrogens is 439 g/mol. The molecule has 0 aliphatic heterocycles. The lowest BCUT2D eigenvalue weighted by Crippen LogP contribution is -2.15. The van der Waals surface area contributed by atoms with Crippen LogP contribution in [0.1, 0.15) is 18.4 Å². The molecule has 32 heavy (non-hydrogen) atoms. The quantitative estimate of drug-likeness (QED) is 0.242. The number of anilines is 1. The van der Waals surface area contributed by atoms with Gasteiger partial charge in [-0.1, -0.05) is 77.8 Å². The molecule has 0 amide bonds. The second-order valence-corrected chi connectivity index (χ2v) is 8.71. The topological polar surface area (TPSA) is 42.2 Å². The summed E-state index contributed by atoms with van der Waals surface area (Å²) in [5.74, 6) is 2.19. The molecule has 0 atom stereocenters. The zero-order valence-corrected chi connectivity index (χ0v) is 18.9. The van der Waals surface area contributed by atoms with Crippen LogP contribution in [-0.4, -0.2) is 15.6 Å². The van der Waals surface area contributed by atoms with Gasteiger partial charge in [-0.2, -0.15) is 0 Å². The minimum Gasteiger partial charge on any atom is -0.327 e. The van der Waals surface area contributed by atoms with E-state index in [1.807, 2.05) is 77.5 Å². The van der Waals surface area contributed by atoms with E-state index >= 15 is 0 Å². The van der Waals surface area contributed by atoms with Crippen molar-refractivity contribution in [2.75, 3.05) is 5.32 Å². The summed E-state index contributed by atoms with van der Waals surface area (Å²) in [6, 6.07) is 27.8. The molecule has 1 fully saturated rings. The molecule has 0 bridgehead atoms. The molecule has 0 spiro atoms. The SMILES string of the molecule is Clc1ccc(-c2cc(NC(=NCc3ccccc3)C3CC3)nn2-c2ccccc2Cl)cc1. The summed E-state index contributed by atoms with van der Waals surface area (Å²) in [5.41, 5.74) is 3.94. The maximum Gasteiger partial charge on any atom is 0.154 e. The van der Waals surface area contributed by atoms with E-state index in [2.05, 4.69) is 17.4 Å². The average Bonchev–Trinajstić information content (AvgIpc) is 3.58. The number of aliphatic imine (C=N–C) groups is 1. The Hall–Kier alpha value is -3.08. The Kier molecular flexibility index (Phi) is 5.97. The highest BCUT2D eigenvalue weighted by Gasteiger charge is 2.28. The smallest absolute Gasteiger partial charge is 0.154 e. The van der Waals surface area contributed by atoms with Crippen molar-refractivity contribution < 1.29 is 0 Å². The van der Waals surface area contributed by atoms with Gasteiger partial charge in [-0.25, -0.2) is 4.68 Å². The van der Waals surface area contributed by atoms with Gasteiger partial charge in [0.05, 0.1) is 22.9 Å². The summed E-state index contributed by atoms with van der Waals surface area (Å²) in [5, 5.41) is 9.67. The van der Waals surface area contributed by atoms with E-state index in [4.69, 9.17) is 33.3 Å². The van der Waals surface area contributed by atoms with Gasteiger partial charge >= 0.3 is 0 Å². The first kappa shape index (κ1) is 20.8. The minimum absolute atomic E-state index is 0.461. The highest BCUT2D eigenvalue weighted by molar-refractivity contribution is 6.32. The number of rotatable bonds is 6. The molecule has 1 N–H and O–H groups in total. The molecular formula is C26H22Cl2N4. The normalized spacial score (nSPS) is 13.9. The third kappa shape index (κ3) is 4.72. The number of nitrogens with zero attached hydrogens (tertiary/aromatic N) is 3. The zero-order valence-electron chi connectivity index (χ0n) is 17.4. The van der Waals surface area contributed by atoms with Crippen LogP contribution >= 0.6 is 23.2 Å². The minimum atomic E-state index is 0.461. The molecule has 4 nitrogen and oxygen atoms in total. The van der Waals surface area contributed by atoms with Crippen LogP contribution in [0.2, 0.25) is 10.0 Å². The van der Waals surface area contributed by atoms with Crippen molar-refractivity contribution in [1.82, 2.24) is 9.78 Å². The van der Waals surface area contributed by atoms with Gasteiger partial charge < -0.3 is 5.32 Å². The van der Waals surface area contributed by atoms with E-state index in [1.54, 1.807) is 0 Å². The van der Waals surface area contributed by atoms with Crippen LogP contribution in [0.25, 0.3) is 16.9 Å². The molecule has 4 aromatic rings. The van der Waals surface area contributed by atoms with E-state index in [9.17, 15) is 0 Å². The fraction of sp³-hybridized carbons (Fsp3) is 0.154. The second kappa shape index (κ2) is 9.19. The Balaban J connectivity index is 1.50. The molecule has 0 unspecified atom stereocenters. The summed E-state index contributed by atoms with van der Waals surface area (Å²) in [4.78, 5) is 4.88. The lowest BCUT2D eigenvalue weighted by Gasteiger charge is -2.09. The number of nitrogens with one attached hydrogen (secondary N) is 1. The first-order valence-corrected chi connectivity index (χ1v) is 11.4. The van der Waals surface area contributed by atoms with Crippen LogP contribution in [0, 0.1) is 5.92 Å². The van der Waals surface area contributed by atoms with Crippen molar-refractivity contribution in [3.05, 3.63) is 101 Å². The summed E-state index contributed by atoms with van der Waals surface area (Å²) >= 11 is 12.6. The highest BCUT2D eigenvalue weighted by Crippen LogP contribution is 2.33. The Morgan fingerprint density at radius 1 is 0.938 bits per heavy atom. The second-order valence-electron chi connectivity index (χ2n) is 7.87. The van der Waals surface area contributed by atoms with Crippen LogP contribution in [0.3, 0.4) is 0 Å². The van der Waals surface area contributed by atoms with Gasteiger partial charge in [-0.05, 0) is 42.7 Å². The molecule has 5 rings (SSSR count). The fourth-order valence-electron chi connectivity index (χ4n) is 3.59. The van der Waals surface area contributed by atoms with Gasteiger partial charge in [-0.15, -0.1) is 5.10 Å². The Labute approximate surface area is 197 Å². The molecule has 1 heterocycles. The third-order valence-corrected chi connectivity index (χ3v) is 6.00. The molecule has 1 aliphatic carbocycles. The number of amidine groups is 1. The molecule has 1 aliphatic rings. The first-order chi connectivity index (χ1) is 15.7.